The maximum atomic E-state index is 11.8. The molecule has 0 unspecified atom stereocenters. The summed E-state index contributed by atoms with van der Waals surface area (Å²) in [4.78, 5) is 27.3. The number of benzene rings is 1. The Morgan fingerprint density at radius 2 is 1.75 bits per heavy atom. The quantitative estimate of drug-likeness (QED) is 0.609. The van der Waals surface area contributed by atoms with Gasteiger partial charge in [0.1, 0.15) is 0 Å². The zero-order chi connectivity index (χ0) is 14.5. The molecular formula is C17H15NO2. The zero-order valence-corrected chi connectivity index (χ0v) is 11.5. The second kappa shape index (κ2) is 6.06. The summed E-state index contributed by atoms with van der Waals surface area (Å²) in [5.74, 6) is -0.372. The molecule has 0 atom stereocenters. The van der Waals surface area contributed by atoms with Gasteiger partial charge < -0.3 is 0 Å². The van der Waals surface area contributed by atoms with Crippen molar-refractivity contribution in [2.45, 2.75) is 13.8 Å². The summed E-state index contributed by atoms with van der Waals surface area (Å²) in [6.07, 6.45) is 6.17. The Kier molecular flexibility index (Phi) is 4.20. The SMILES string of the molecule is CC1=C(C)C(=NC(=O)C=Cc2ccccc2)C=CC1=O. The van der Waals surface area contributed by atoms with Crippen molar-refractivity contribution in [3.05, 3.63) is 65.3 Å². The highest BCUT2D eigenvalue weighted by atomic mass is 16.1. The Bertz CT molecular complexity index is 661. The van der Waals surface area contributed by atoms with E-state index in [1.165, 1.54) is 12.2 Å². The lowest BCUT2D eigenvalue weighted by atomic mass is 9.97. The van der Waals surface area contributed by atoms with E-state index in [0.717, 1.165) is 11.1 Å². The number of carbonyl (C=O) groups excluding carboxylic acids is 2. The third-order valence-corrected chi connectivity index (χ3v) is 3.16. The minimum atomic E-state index is -0.338. The fourth-order valence-electron chi connectivity index (χ4n) is 1.79. The molecule has 1 aromatic rings. The molecule has 100 valence electrons. The summed E-state index contributed by atoms with van der Waals surface area (Å²) < 4.78 is 0. The summed E-state index contributed by atoms with van der Waals surface area (Å²) in [7, 11) is 0. The van der Waals surface area contributed by atoms with E-state index in [1.807, 2.05) is 30.3 Å². The van der Waals surface area contributed by atoms with Gasteiger partial charge >= 0.3 is 0 Å². The summed E-state index contributed by atoms with van der Waals surface area (Å²) in [6.45, 7) is 3.53. The van der Waals surface area contributed by atoms with Crippen molar-refractivity contribution in [3.63, 3.8) is 0 Å². The standard InChI is InChI=1S/C17H15NO2/c1-12-13(2)16(19)10-9-15(12)18-17(20)11-8-14-6-4-3-5-7-14/h3-11H,1-2H3. The maximum Gasteiger partial charge on any atom is 0.270 e. The maximum absolute atomic E-state index is 11.8. The molecule has 1 amide bonds. The van der Waals surface area contributed by atoms with Crippen LogP contribution >= 0.6 is 0 Å². The van der Waals surface area contributed by atoms with Crippen molar-refractivity contribution >= 4 is 23.5 Å². The molecule has 3 heteroatoms. The highest BCUT2D eigenvalue weighted by Crippen LogP contribution is 2.14. The molecular weight excluding hydrogens is 250 g/mol. The number of amides is 1. The van der Waals surface area contributed by atoms with Gasteiger partial charge in [0.05, 0.1) is 5.71 Å². The van der Waals surface area contributed by atoms with E-state index in [1.54, 1.807) is 26.0 Å². The van der Waals surface area contributed by atoms with Gasteiger partial charge in [-0.15, -0.1) is 0 Å². The van der Waals surface area contributed by atoms with Crippen LogP contribution in [-0.4, -0.2) is 17.4 Å². The number of ketones is 1. The van der Waals surface area contributed by atoms with Crippen molar-refractivity contribution in [2.75, 3.05) is 0 Å². The van der Waals surface area contributed by atoms with E-state index in [9.17, 15) is 9.59 Å². The number of hydrogen-bond acceptors (Lipinski definition) is 2. The van der Waals surface area contributed by atoms with Crippen molar-refractivity contribution in [1.82, 2.24) is 0 Å². The average Bonchev–Trinajstić information content (AvgIpc) is 2.47. The largest absolute Gasteiger partial charge is 0.290 e. The molecule has 1 aliphatic rings. The molecule has 20 heavy (non-hydrogen) atoms. The van der Waals surface area contributed by atoms with Crippen LogP contribution in [0.2, 0.25) is 0 Å². The lowest BCUT2D eigenvalue weighted by Crippen LogP contribution is -2.12. The Hall–Kier alpha value is -2.55. The van der Waals surface area contributed by atoms with E-state index >= 15 is 0 Å². The van der Waals surface area contributed by atoms with Crippen LogP contribution in [0, 0.1) is 0 Å². The fraction of sp³-hybridized carbons (Fsp3) is 0.118. The normalized spacial score (nSPS) is 17.3. The first kappa shape index (κ1) is 13.9. The molecule has 0 N–H and O–H groups in total. The molecule has 2 rings (SSSR count). The number of carbonyl (C=O) groups is 2. The van der Waals surface area contributed by atoms with Crippen molar-refractivity contribution in [3.8, 4) is 0 Å². The highest BCUT2D eigenvalue weighted by molar-refractivity contribution is 6.24. The molecule has 0 heterocycles. The van der Waals surface area contributed by atoms with Gasteiger partial charge in [-0.2, -0.15) is 0 Å². The van der Waals surface area contributed by atoms with E-state index in [2.05, 4.69) is 4.99 Å². The minimum absolute atomic E-state index is 0.0336. The third-order valence-electron chi connectivity index (χ3n) is 3.16. The summed E-state index contributed by atoms with van der Waals surface area (Å²) in [5, 5.41) is 0. The third kappa shape index (κ3) is 3.26. The van der Waals surface area contributed by atoms with Gasteiger partial charge in [-0.1, -0.05) is 30.3 Å². The Balaban J connectivity index is 2.16. The molecule has 0 aliphatic heterocycles. The zero-order valence-electron chi connectivity index (χ0n) is 11.5. The first-order chi connectivity index (χ1) is 9.58. The summed E-state index contributed by atoms with van der Waals surface area (Å²) in [6, 6.07) is 9.54. The molecule has 0 saturated carbocycles. The van der Waals surface area contributed by atoms with Crippen molar-refractivity contribution in [2.24, 2.45) is 4.99 Å². The van der Waals surface area contributed by atoms with Gasteiger partial charge in [0.2, 0.25) is 0 Å². The Morgan fingerprint density at radius 3 is 2.45 bits per heavy atom. The van der Waals surface area contributed by atoms with Crippen LogP contribution in [0.5, 0.6) is 0 Å². The van der Waals surface area contributed by atoms with Gasteiger partial charge in [-0.05, 0) is 43.2 Å². The highest BCUT2D eigenvalue weighted by Gasteiger charge is 2.14. The number of allylic oxidation sites excluding steroid dienone is 4. The first-order valence-electron chi connectivity index (χ1n) is 6.34. The summed E-state index contributed by atoms with van der Waals surface area (Å²) in [5.41, 5.74) is 2.87. The monoisotopic (exact) mass is 265 g/mol. The van der Waals surface area contributed by atoms with Crippen LogP contribution < -0.4 is 0 Å². The van der Waals surface area contributed by atoms with E-state index < -0.39 is 0 Å². The van der Waals surface area contributed by atoms with Gasteiger partial charge in [0.25, 0.3) is 5.91 Å². The fourth-order valence-corrected chi connectivity index (χ4v) is 1.79. The molecule has 0 spiro atoms. The second-order valence-electron chi connectivity index (χ2n) is 4.53. The molecule has 0 radical (unpaired) electrons. The summed E-state index contributed by atoms with van der Waals surface area (Å²) >= 11 is 0. The minimum Gasteiger partial charge on any atom is -0.290 e. The number of rotatable bonds is 2. The first-order valence-corrected chi connectivity index (χ1v) is 6.34. The predicted molar refractivity (Wildman–Crippen MR) is 80.4 cm³/mol. The van der Waals surface area contributed by atoms with E-state index in [4.69, 9.17) is 0 Å². The molecule has 1 aliphatic carbocycles. The van der Waals surface area contributed by atoms with Crippen LogP contribution in [0.3, 0.4) is 0 Å². The van der Waals surface area contributed by atoms with Crippen LogP contribution in [0.25, 0.3) is 6.08 Å². The van der Waals surface area contributed by atoms with Gasteiger partial charge in [-0.25, -0.2) is 4.99 Å². The molecule has 0 aromatic heterocycles. The van der Waals surface area contributed by atoms with Gasteiger partial charge in [-0.3, -0.25) is 9.59 Å². The van der Waals surface area contributed by atoms with Crippen LogP contribution in [-0.2, 0) is 9.59 Å². The lowest BCUT2D eigenvalue weighted by molar-refractivity contribution is -0.113. The van der Waals surface area contributed by atoms with E-state index in [0.29, 0.717) is 11.3 Å². The molecule has 0 saturated heterocycles. The van der Waals surface area contributed by atoms with Gasteiger partial charge in [0, 0.05) is 11.6 Å². The molecule has 3 nitrogen and oxygen atoms in total. The smallest absolute Gasteiger partial charge is 0.270 e. The lowest BCUT2D eigenvalue weighted by Gasteiger charge is -2.09. The molecule has 0 fully saturated rings. The molecule has 0 bridgehead atoms. The van der Waals surface area contributed by atoms with E-state index in [-0.39, 0.29) is 11.7 Å². The van der Waals surface area contributed by atoms with Crippen LogP contribution in [0.4, 0.5) is 0 Å². The topological polar surface area (TPSA) is 46.5 Å². The van der Waals surface area contributed by atoms with Crippen LogP contribution in [0.15, 0.2) is 64.7 Å². The van der Waals surface area contributed by atoms with Gasteiger partial charge in [0.15, 0.2) is 5.78 Å². The predicted octanol–water partition coefficient (Wildman–Crippen LogP) is 3.14. The molecule has 1 aromatic carbocycles. The average molecular weight is 265 g/mol. The van der Waals surface area contributed by atoms with Crippen molar-refractivity contribution < 1.29 is 9.59 Å². The number of aliphatic imine (C=N–C) groups is 1. The van der Waals surface area contributed by atoms with Crippen LogP contribution in [0.1, 0.15) is 19.4 Å². The Morgan fingerprint density at radius 1 is 1.05 bits per heavy atom. The Labute approximate surface area is 118 Å². The van der Waals surface area contributed by atoms with Crippen molar-refractivity contribution in [1.29, 1.82) is 0 Å². The number of hydrogen-bond donors (Lipinski definition) is 0. The second-order valence-corrected chi connectivity index (χ2v) is 4.53. The number of nitrogens with zero attached hydrogens (tertiary/aromatic N) is 1.